The minimum Gasteiger partial charge on any atom is -0.330 e. The molecule has 0 aliphatic carbocycles. The molecule has 0 aliphatic rings. The summed E-state index contributed by atoms with van der Waals surface area (Å²) in [6, 6.07) is 4.66. The lowest BCUT2D eigenvalue weighted by Crippen LogP contribution is -2.15. The molecule has 4 N–H and O–H groups in total. The van der Waals surface area contributed by atoms with Crippen molar-refractivity contribution in [3.8, 4) is 0 Å². The highest BCUT2D eigenvalue weighted by atomic mass is 79.9. The molecule has 1 aromatic rings. The van der Waals surface area contributed by atoms with Crippen molar-refractivity contribution in [2.45, 2.75) is 12.5 Å². The highest BCUT2D eigenvalue weighted by Gasteiger charge is 2.07. The number of benzene rings is 1. The van der Waals surface area contributed by atoms with Crippen LogP contribution in [0.2, 0.25) is 0 Å². The summed E-state index contributed by atoms with van der Waals surface area (Å²) in [4.78, 5) is 0. The molecule has 0 saturated heterocycles. The van der Waals surface area contributed by atoms with Gasteiger partial charge in [-0.1, -0.05) is 6.07 Å². The van der Waals surface area contributed by atoms with Crippen LogP contribution >= 0.6 is 15.9 Å². The predicted octanol–water partition coefficient (Wildman–Crippen LogP) is 1.94. The Morgan fingerprint density at radius 1 is 1.46 bits per heavy atom. The SMILES string of the molecule is NCC[C@@H](N)c1ccc(F)c(Br)c1. The van der Waals surface area contributed by atoms with Crippen LogP contribution in [0.3, 0.4) is 0 Å². The molecular weight excluding hydrogens is 235 g/mol. The van der Waals surface area contributed by atoms with Gasteiger partial charge in [-0.25, -0.2) is 4.39 Å². The Morgan fingerprint density at radius 3 is 2.69 bits per heavy atom. The van der Waals surface area contributed by atoms with Crippen LogP contribution in [0.15, 0.2) is 22.7 Å². The first-order valence-corrected chi connectivity index (χ1v) is 4.85. The van der Waals surface area contributed by atoms with E-state index in [4.69, 9.17) is 11.5 Å². The van der Waals surface area contributed by atoms with Crippen molar-refractivity contribution in [3.05, 3.63) is 34.1 Å². The predicted molar refractivity (Wildman–Crippen MR) is 54.7 cm³/mol. The second kappa shape index (κ2) is 4.69. The molecule has 0 unspecified atom stereocenters. The quantitative estimate of drug-likeness (QED) is 0.857. The van der Waals surface area contributed by atoms with Gasteiger partial charge in [0.1, 0.15) is 5.82 Å². The van der Waals surface area contributed by atoms with Crippen molar-refractivity contribution in [1.29, 1.82) is 0 Å². The Bertz CT molecular complexity index is 291. The first-order valence-electron chi connectivity index (χ1n) is 4.05. The van der Waals surface area contributed by atoms with Crippen molar-refractivity contribution in [1.82, 2.24) is 0 Å². The Kier molecular flexibility index (Phi) is 3.84. The molecule has 0 fully saturated rings. The molecule has 0 spiro atoms. The Hall–Kier alpha value is -0.450. The average molecular weight is 247 g/mol. The van der Waals surface area contributed by atoms with Crippen molar-refractivity contribution < 1.29 is 4.39 Å². The van der Waals surface area contributed by atoms with Gasteiger partial charge in [-0.15, -0.1) is 0 Å². The van der Waals surface area contributed by atoms with E-state index in [-0.39, 0.29) is 11.9 Å². The van der Waals surface area contributed by atoms with Crippen LogP contribution in [0.5, 0.6) is 0 Å². The fourth-order valence-corrected chi connectivity index (χ4v) is 1.49. The normalized spacial score (nSPS) is 12.9. The van der Waals surface area contributed by atoms with Crippen LogP contribution in [-0.4, -0.2) is 6.54 Å². The number of rotatable bonds is 3. The molecular formula is C9H12BrFN2. The van der Waals surface area contributed by atoms with Gasteiger partial charge in [0.2, 0.25) is 0 Å². The van der Waals surface area contributed by atoms with Crippen LogP contribution in [0, 0.1) is 5.82 Å². The van der Waals surface area contributed by atoms with Crippen molar-refractivity contribution in [2.75, 3.05) is 6.54 Å². The Labute approximate surface area is 85.2 Å². The first kappa shape index (κ1) is 10.6. The summed E-state index contributed by atoms with van der Waals surface area (Å²) in [5.74, 6) is -0.274. The van der Waals surface area contributed by atoms with Crippen LogP contribution in [0.25, 0.3) is 0 Å². The van der Waals surface area contributed by atoms with E-state index in [2.05, 4.69) is 15.9 Å². The average Bonchev–Trinajstić information content (AvgIpc) is 2.10. The number of nitrogens with two attached hydrogens (primary N) is 2. The number of hydrogen-bond donors (Lipinski definition) is 2. The lowest BCUT2D eigenvalue weighted by atomic mass is 10.1. The van der Waals surface area contributed by atoms with E-state index in [0.717, 1.165) is 5.56 Å². The summed E-state index contributed by atoms with van der Waals surface area (Å²) in [6.45, 7) is 0.538. The van der Waals surface area contributed by atoms with Gasteiger partial charge in [-0.3, -0.25) is 0 Å². The molecule has 1 rings (SSSR count). The third kappa shape index (κ3) is 2.76. The zero-order valence-electron chi connectivity index (χ0n) is 7.13. The van der Waals surface area contributed by atoms with Crippen molar-refractivity contribution >= 4 is 15.9 Å². The lowest BCUT2D eigenvalue weighted by Gasteiger charge is -2.10. The topological polar surface area (TPSA) is 52.0 Å². The number of hydrogen-bond acceptors (Lipinski definition) is 2. The van der Waals surface area contributed by atoms with Gasteiger partial charge in [0.05, 0.1) is 4.47 Å². The van der Waals surface area contributed by atoms with Crippen LogP contribution in [-0.2, 0) is 0 Å². The molecule has 0 aromatic heterocycles. The summed E-state index contributed by atoms with van der Waals surface area (Å²) >= 11 is 3.10. The highest BCUT2D eigenvalue weighted by molar-refractivity contribution is 9.10. The third-order valence-corrected chi connectivity index (χ3v) is 2.46. The summed E-state index contributed by atoms with van der Waals surface area (Å²) < 4.78 is 13.3. The van der Waals surface area contributed by atoms with Gasteiger partial charge >= 0.3 is 0 Å². The second-order valence-electron chi connectivity index (χ2n) is 2.86. The Balaban J connectivity index is 2.84. The molecule has 72 valence electrons. The molecule has 0 radical (unpaired) electrons. The maximum atomic E-state index is 12.8. The molecule has 0 bridgehead atoms. The van der Waals surface area contributed by atoms with Gasteiger partial charge < -0.3 is 11.5 Å². The molecule has 13 heavy (non-hydrogen) atoms. The zero-order chi connectivity index (χ0) is 9.84. The van der Waals surface area contributed by atoms with Gasteiger partial charge in [0.25, 0.3) is 0 Å². The van der Waals surface area contributed by atoms with E-state index in [1.807, 2.05) is 0 Å². The van der Waals surface area contributed by atoms with E-state index < -0.39 is 0 Å². The van der Waals surface area contributed by atoms with E-state index >= 15 is 0 Å². The van der Waals surface area contributed by atoms with Gasteiger partial charge in [-0.2, -0.15) is 0 Å². The monoisotopic (exact) mass is 246 g/mol. The fraction of sp³-hybridized carbons (Fsp3) is 0.333. The lowest BCUT2D eigenvalue weighted by molar-refractivity contribution is 0.614. The summed E-state index contributed by atoms with van der Waals surface area (Å²) in [6.07, 6.45) is 0.706. The summed E-state index contributed by atoms with van der Waals surface area (Å²) in [5, 5.41) is 0. The highest BCUT2D eigenvalue weighted by Crippen LogP contribution is 2.21. The molecule has 0 heterocycles. The Morgan fingerprint density at radius 2 is 2.15 bits per heavy atom. The van der Waals surface area contributed by atoms with Crippen LogP contribution < -0.4 is 11.5 Å². The molecule has 2 nitrogen and oxygen atoms in total. The fourth-order valence-electron chi connectivity index (χ4n) is 1.09. The minimum absolute atomic E-state index is 0.109. The van der Waals surface area contributed by atoms with E-state index in [9.17, 15) is 4.39 Å². The van der Waals surface area contributed by atoms with Gasteiger partial charge in [-0.05, 0) is 46.6 Å². The van der Waals surface area contributed by atoms with E-state index in [1.165, 1.54) is 6.07 Å². The largest absolute Gasteiger partial charge is 0.330 e. The van der Waals surface area contributed by atoms with Gasteiger partial charge in [0.15, 0.2) is 0 Å². The molecule has 4 heteroatoms. The summed E-state index contributed by atoms with van der Waals surface area (Å²) in [7, 11) is 0. The van der Waals surface area contributed by atoms with Crippen LogP contribution in [0.1, 0.15) is 18.0 Å². The maximum Gasteiger partial charge on any atom is 0.137 e. The maximum absolute atomic E-state index is 12.8. The third-order valence-electron chi connectivity index (χ3n) is 1.85. The van der Waals surface area contributed by atoms with Crippen LogP contribution in [0.4, 0.5) is 4.39 Å². The molecule has 0 saturated carbocycles. The first-order chi connectivity index (χ1) is 6.15. The molecule has 1 atom stereocenters. The smallest absolute Gasteiger partial charge is 0.137 e. The minimum atomic E-state index is -0.274. The molecule has 0 amide bonds. The van der Waals surface area contributed by atoms with Crippen molar-refractivity contribution in [2.24, 2.45) is 11.5 Å². The van der Waals surface area contributed by atoms with Gasteiger partial charge in [0, 0.05) is 6.04 Å². The van der Waals surface area contributed by atoms with E-state index in [1.54, 1.807) is 12.1 Å². The summed E-state index contributed by atoms with van der Waals surface area (Å²) in [5.41, 5.74) is 12.1. The van der Waals surface area contributed by atoms with Crippen molar-refractivity contribution in [3.63, 3.8) is 0 Å². The van der Waals surface area contributed by atoms with E-state index in [0.29, 0.717) is 17.4 Å². The number of halogens is 2. The second-order valence-corrected chi connectivity index (χ2v) is 3.71. The zero-order valence-corrected chi connectivity index (χ0v) is 8.72. The standard InChI is InChI=1S/C9H12BrFN2/c10-7-5-6(1-2-8(7)11)9(13)3-4-12/h1-2,5,9H,3-4,12-13H2/t9-/m1/s1. The molecule has 0 aliphatic heterocycles. The molecule has 1 aromatic carbocycles.